The van der Waals surface area contributed by atoms with Crippen molar-refractivity contribution >= 4 is 26.0 Å². The van der Waals surface area contributed by atoms with Crippen molar-refractivity contribution in [2.75, 3.05) is 6.54 Å². The fourth-order valence-corrected chi connectivity index (χ4v) is 4.05. The van der Waals surface area contributed by atoms with Crippen molar-refractivity contribution < 1.29 is 8.42 Å². The van der Waals surface area contributed by atoms with Gasteiger partial charge in [0.15, 0.2) is 0 Å². The first-order valence-electron chi connectivity index (χ1n) is 6.85. The van der Waals surface area contributed by atoms with Crippen LogP contribution in [0.3, 0.4) is 0 Å². The summed E-state index contributed by atoms with van der Waals surface area (Å²) >= 11 is 3.29. The van der Waals surface area contributed by atoms with Crippen LogP contribution in [0.4, 0.5) is 0 Å². The zero-order chi connectivity index (χ0) is 15.2. The number of rotatable bonds is 8. The number of nitrogens with one attached hydrogen (secondary N) is 1. The highest BCUT2D eigenvalue weighted by Crippen LogP contribution is 2.23. The van der Waals surface area contributed by atoms with Crippen molar-refractivity contribution in [3.63, 3.8) is 0 Å². The molecule has 0 bridgehead atoms. The first-order chi connectivity index (χ1) is 9.36. The standard InChI is InChI=1S/C14H23BrN2O2S/c1-11(2)5-3-4-8-17-20(18,19)14-7-6-12(10-16)9-13(14)15/h6-7,9,11,17H,3-5,8,10,16H2,1-2H3. The molecule has 0 aliphatic heterocycles. The molecule has 0 aliphatic rings. The van der Waals surface area contributed by atoms with Gasteiger partial charge in [-0.2, -0.15) is 0 Å². The van der Waals surface area contributed by atoms with Gasteiger partial charge in [-0.25, -0.2) is 13.1 Å². The Hall–Kier alpha value is -0.430. The summed E-state index contributed by atoms with van der Waals surface area (Å²) in [5, 5.41) is 0. The fourth-order valence-electron chi connectivity index (χ4n) is 1.85. The molecule has 0 atom stereocenters. The van der Waals surface area contributed by atoms with Crippen molar-refractivity contribution in [3.05, 3.63) is 28.2 Å². The molecule has 114 valence electrons. The second kappa shape index (κ2) is 8.12. The molecular formula is C14H23BrN2O2S. The molecule has 1 aromatic rings. The molecule has 1 aromatic carbocycles. The maximum Gasteiger partial charge on any atom is 0.241 e. The number of benzene rings is 1. The Bertz CT molecular complexity index is 530. The summed E-state index contributed by atoms with van der Waals surface area (Å²) in [4.78, 5) is 0.263. The van der Waals surface area contributed by atoms with E-state index >= 15 is 0 Å². The molecule has 3 N–H and O–H groups in total. The monoisotopic (exact) mass is 362 g/mol. The van der Waals surface area contributed by atoms with Crippen LogP contribution in [0.15, 0.2) is 27.6 Å². The Morgan fingerprint density at radius 1 is 1.30 bits per heavy atom. The predicted octanol–water partition coefficient (Wildman–Crippen LogP) is 3.01. The molecule has 0 unspecified atom stereocenters. The van der Waals surface area contributed by atoms with Crippen molar-refractivity contribution in [1.29, 1.82) is 0 Å². The van der Waals surface area contributed by atoms with Gasteiger partial charge in [-0.1, -0.05) is 32.8 Å². The summed E-state index contributed by atoms with van der Waals surface area (Å²) in [6, 6.07) is 5.06. The minimum Gasteiger partial charge on any atom is -0.326 e. The van der Waals surface area contributed by atoms with Crippen molar-refractivity contribution in [2.45, 2.75) is 44.6 Å². The average Bonchev–Trinajstić information content (AvgIpc) is 2.37. The van der Waals surface area contributed by atoms with Crippen molar-refractivity contribution in [2.24, 2.45) is 11.7 Å². The summed E-state index contributed by atoms with van der Waals surface area (Å²) in [5.74, 6) is 0.657. The molecule has 0 spiro atoms. The number of unbranched alkanes of at least 4 members (excludes halogenated alkanes) is 1. The van der Waals surface area contributed by atoms with E-state index in [0.717, 1.165) is 24.8 Å². The molecule has 0 heterocycles. The van der Waals surface area contributed by atoms with E-state index in [-0.39, 0.29) is 4.90 Å². The summed E-state index contributed by atoms with van der Waals surface area (Å²) in [7, 11) is -3.45. The lowest BCUT2D eigenvalue weighted by Crippen LogP contribution is -2.25. The number of nitrogens with two attached hydrogens (primary N) is 1. The van der Waals surface area contributed by atoms with Gasteiger partial charge in [0, 0.05) is 17.6 Å². The predicted molar refractivity (Wildman–Crippen MR) is 85.9 cm³/mol. The highest BCUT2D eigenvalue weighted by atomic mass is 79.9. The van der Waals surface area contributed by atoms with Gasteiger partial charge in [-0.15, -0.1) is 0 Å². The van der Waals surface area contributed by atoms with Crippen LogP contribution in [-0.4, -0.2) is 15.0 Å². The summed E-state index contributed by atoms with van der Waals surface area (Å²) in [6.45, 7) is 5.20. The molecule has 0 amide bonds. The minimum atomic E-state index is -3.45. The third kappa shape index (κ3) is 5.52. The number of hydrogen-bond donors (Lipinski definition) is 2. The van der Waals surface area contributed by atoms with Gasteiger partial charge >= 0.3 is 0 Å². The summed E-state index contributed by atoms with van der Waals surface area (Å²) in [5.41, 5.74) is 6.43. The Kier molecular flexibility index (Phi) is 7.15. The van der Waals surface area contributed by atoms with Crippen LogP contribution in [-0.2, 0) is 16.6 Å². The third-order valence-electron chi connectivity index (χ3n) is 3.02. The molecule has 0 aliphatic carbocycles. The van der Waals surface area contributed by atoms with Gasteiger partial charge in [-0.05, 0) is 46.0 Å². The van der Waals surface area contributed by atoms with E-state index in [0.29, 0.717) is 23.5 Å². The van der Waals surface area contributed by atoms with E-state index in [1.54, 1.807) is 18.2 Å². The van der Waals surface area contributed by atoms with E-state index < -0.39 is 10.0 Å². The van der Waals surface area contributed by atoms with Crippen LogP contribution < -0.4 is 10.5 Å². The largest absolute Gasteiger partial charge is 0.326 e. The van der Waals surface area contributed by atoms with E-state index in [4.69, 9.17) is 5.73 Å². The summed E-state index contributed by atoms with van der Waals surface area (Å²) < 4.78 is 27.5. The first-order valence-corrected chi connectivity index (χ1v) is 9.12. The Morgan fingerprint density at radius 2 is 2.00 bits per heavy atom. The van der Waals surface area contributed by atoms with Crippen LogP contribution in [0, 0.1) is 5.92 Å². The maximum atomic E-state index is 12.2. The topological polar surface area (TPSA) is 72.2 Å². The molecule has 0 radical (unpaired) electrons. The SMILES string of the molecule is CC(C)CCCCNS(=O)(=O)c1ccc(CN)cc1Br. The zero-order valence-electron chi connectivity index (χ0n) is 12.0. The number of sulfonamides is 1. The van der Waals surface area contributed by atoms with Crippen molar-refractivity contribution in [1.82, 2.24) is 4.72 Å². The van der Waals surface area contributed by atoms with Crippen LogP contribution in [0.2, 0.25) is 0 Å². The van der Waals surface area contributed by atoms with Crippen LogP contribution in [0.25, 0.3) is 0 Å². The number of halogens is 1. The highest BCUT2D eigenvalue weighted by Gasteiger charge is 2.17. The van der Waals surface area contributed by atoms with Crippen LogP contribution in [0.5, 0.6) is 0 Å². The molecule has 0 saturated carbocycles. The molecule has 20 heavy (non-hydrogen) atoms. The van der Waals surface area contributed by atoms with Gasteiger partial charge in [0.05, 0.1) is 4.90 Å². The van der Waals surface area contributed by atoms with Gasteiger partial charge in [-0.3, -0.25) is 0 Å². The molecule has 1 rings (SSSR count). The van der Waals surface area contributed by atoms with Gasteiger partial charge in [0.25, 0.3) is 0 Å². The maximum absolute atomic E-state index is 12.2. The molecule has 4 nitrogen and oxygen atoms in total. The lowest BCUT2D eigenvalue weighted by Gasteiger charge is -2.10. The Morgan fingerprint density at radius 3 is 2.55 bits per heavy atom. The van der Waals surface area contributed by atoms with E-state index in [1.165, 1.54) is 0 Å². The minimum absolute atomic E-state index is 0.263. The van der Waals surface area contributed by atoms with E-state index in [1.807, 2.05) is 0 Å². The zero-order valence-corrected chi connectivity index (χ0v) is 14.4. The van der Waals surface area contributed by atoms with Crippen LogP contribution >= 0.6 is 15.9 Å². The second-order valence-corrected chi connectivity index (χ2v) is 7.85. The molecule has 0 aromatic heterocycles. The second-order valence-electron chi connectivity index (χ2n) is 5.26. The lowest BCUT2D eigenvalue weighted by atomic mass is 10.1. The molecule has 0 fully saturated rings. The third-order valence-corrected chi connectivity index (χ3v) is 5.46. The van der Waals surface area contributed by atoms with Crippen molar-refractivity contribution in [3.8, 4) is 0 Å². The Labute approximate surface area is 130 Å². The molecule has 0 saturated heterocycles. The van der Waals surface area contributed by atoms with Crippen LogP contribution in [0.1, 0.15) is 38.7 Å². The van der Waals surface area contributed by atoms with E-state index in [9.17, 15) is 8.42 Å². The summed E-state index contributed by atoms with van der Waals surface area (Å²) in [6.07, 6.45) is 3.01. The normalized spacial score (nSPS) is 12.1. The number of hydrogen-bond acceptors (Lipinski definition) is 3. The van der Waals surface area contributed by atoms with E-state index in [2.05, 4.69) is 34.5 Å². The average molecular weight is 363 g/mol. The molecule has 6 heteroatoms. The van der Waals surface area contributed by atoms with Gasteiger partial charge in [0.2, 0.25) is 10.0 Å². The molecular weight excluding hydrogens is 340 g/mol. The fraction of sp³-hybridized carbons (Fsp3) is 0.571. The quantitative estimate of drug-likeness (QED) is 0.698. The smallest absolute Gasteiger partial charge is 0.241 e. The Balaban J connectivity index is 2.60. The first kappa shape index (κ1) is 17.6. The van der Waals surface area contributed by atoms with Gasteiger partial charge < -0.3 is 5.73 Å². The van der Waals surface area contributed by atoms with Gasteiger partial charge in [0.1, 0.15) is 0 Å². The lowest BCUT2D eigenvalue weighted by molar-refractivity contribution is 0.530. The highest BCUT2D eigenvalue weighted by molar-refractivity contribution is 9.10.